The van der Waals surface area contributed by atoms with Gasteiger partial charge in [-0.3, -0.25) is 9.59 Å². The summed E-state index contributed by atoms with van der Waals surface area (Å²) in [5, 5.41) is 72.1. The molecule has 0 aromatic rings. The van der Waals surface area contributed by atoms with Gasteiger partial charge in [-0.25, -0.2) is 0 Å². The van der Waals surface area contributed by atoms with E-state index in [1.54, 1.807) is 0 Å². The number of esters is 2. The van der Waals surface area contributed by atoms with Crippen molar-refractivity contribution in [2.75, 3.05) is 26.4 Å². The Hall–Kier alpha value is -2.54. The summed E-state index contributed by atoms with van der Waals surface area (Å²) < 4.78 is 33.6. The van der Waals surface area contributed by atoms with Gasteiger partial charge in [-0.1, -0.05) is 197 Å². The summed E-state index contributed by atoms with van der Waals surface area (Å²) in [6.07, 6.45) is 30.1. The third kappa shape index (κ3) is 29.2. The summed E-state index contributed by atoms with van der Waals surface area (Å²) >= 11 is 0. The van der Waals surface area contributed by atoms with Crippen LogP contribution in [0.15, 0.2) is 48.6 Å². The van der Waals surface area contributed by atoms with Crippen molar-refractivity contribution in [3.63, 3.8) is 0 Å². The van der Waals surface area contributed by atoms with Gasteiger partial charge in [-0.15, -0.1) is 0 Å². The zero-order valence-electron chi connectivity index (χ0n) is 43.0. The first-order valence-corrected chi connectivity index (χ1v) is 27.3. The smallest absolute Gasteiger partial charge is 0.306 e. The Morgan fingerprint density at radius 1 is 0.471 bits per heavy atom. The third-order valence-corrected chi connectivity index (χ3v) is 12.9. The van der Waals surface area contributed by atoms with Gasteiger partial charge in [0.25, 0.3) is 0 Å². The van der Waals surface area contributed by atoms with Crippen molar-refractivity contribution in [1.29, 1.82) is 0 Å². The predicted molar refractivity (Wildman–Crippen MR) is 270 cm³/mol. The van der Waals surface area contributed by atoms with Crippen molar-refractivity contribution in [2.24, 2.45) is 0 Å². The maximum atomic E-state index is 13.0. The lowest BCUT2D eigenvalue weighted by Crippen LogP contribution is -2.61. The number of rotatable bonds is 42. The Labute approximate surface area is 420 Å². The Bertz CT molecular complexity index is 1400. The Morgan fingerprint density at radius 3 is 1.41 bits per heavy atom. The molecule has 2 rings (SSSR count). The fraction of sp³-hybridized carbons (Fsp3) is 0.818. The van der Waals surface area contributed by atoms with Crippen LogP contribution in [0, 0.1) is 0 Å². The summed E-state index contributed by atoms with van der Waals surface area (Å²) in [6, 6.07) is 0. The van der Waals surface area contributed by atoms with Crippen LogP contribution in [0.1, 0.15) is 194 Å². The number of hydrogen-bond acceptors (Lipinski definition) is 15. The molecular weight excluding hydrogens is 901 g/mol. The minimum Gasteiger partial charge on any atom is -0.462 e. The van der Waals surface area contributed by atoms with Crippen molar-refractivity contribution in [2.45, 2.75) is 261 Å². The Kier molecular flexibility index (Phi) is 38.0. The van der Waals surface area contributed by atoms with Gasteiger partial charge < -0.3 is 64.2 Å². The molecule has 406 valence electrons. The predicted octanol–water partition coefficient (Wildman–Crippen LogP) is 8.27. The molecule has 2 saturated heterocycles. The third-order valence-electron chi connectivity index (χ3n) is 12.9. The second kappa shape index (κ2) is 41.9. The molecule has 70 heavy (non-hydrogen) atoms. The molecule has 0 saturated carbocycles. The molecule has 0 aromatic carbocycles. The number of ether oxygens (including phenoxy) is 6. The molecule has 15 heteroatoms. The molecule has 7 N–H and O–H groups in total. The average Bonchev–Trinajstić information content (AvgIpc) is 3.35. The number of aliphatic hydroxyl groups is 7. The van der Waals surface area contributed by atoms with E-state index in [4.69, 9.17) is 28.4 Å². The largest absolute Gasteiger partial charge is 0.462 e. The molecule has 5 unspecified atom stereocenters. The van der Waals surface area contributed by atoms with Gasteiger partial charge in [0, 0.05) is 12.8 Å². The van der Waals surface area contributed by atoms with E-state index in [-0.39, 0.29) is 19.4 Å². The zero-order chi connectivity index (χ0) is 51.0. The zero-order valence-corrected chi connectivity index (χ0v) is 43.0. The molecule has 2 aliphatic rings. The fourth-order valence-corrected chi connectivity index (χ4v) is 8.46. The van der Waals surface area contributed by atoms with E-state index in [1.807, 2.05) is 36.5 Å². The summed E-state index contributed by atoms with van der Waals surface area (Å²) in [5.74, 6) is -0.966. The van der Waals surface area contributed by atoms with Crippen LogP contribution in [0.3, 0.4) is 0 Å². The minimum absolute atomic E-state index is 0.119. The summed E-state index contributed by atoms with van der Waals surface area (Å²) in [5.41, 5.74) is 0. The van der Waals surface area contributed by atoms with E-state index in [1.165, 1.54) is 109 Å². The van der Waals surface area contributed by atoms with Gasteiger partial charge in [0.15, 0.2) is 18.7 Å². The highest BCUT2D eigenvalue weighted by Gasteiger charge is 2.47. The number of aliphatic hydroxyl groups excluding tert-OH is 7. The van der Waals surface area contributed by atoms with Crippen LogP contribution < -0.4 is 0 Å². The minimum atomic E-state index is -1.77. The molecule has 15 nitrogen and oxygen atoms in total. The first-order chi connectivity index (χ1) is 34.0. The first-order valence-electron chi connectivity index (χ1n) is 27.3. The van der Waals surface area contributed by atoms with Crippen LogP contribution in [0.4, 0.5) is 0 Å². The molecule has 0 amide bonds. The molecule has 0 bridgehead atoms. The van der Waals surface area contributed by atoms with E-state index in [9.17, 15) is 45.3 Å². The van der Waals surface area contributed by atoms with Crippen molar-refractivity contribution in [1.82, 2.24) is 0 Å². The molecule has 2 heterocycles. The fourth-order valence-electron chi connectivity index (χ4n) is 8.46. The molecule has 0 aromatic heterocycles. The number of carbonyl (C=O) groups is 2. The Balaban J connectivity index is 1.76. The van der Waals surface area contributed by atoms with Crippen LogP contribution in [0.2, 0.25) is 0 Å². The van der Waals surface area contributed by atoms with E-state index < -0.39 is 99.3 Å². The second-order valence-electron chi connectivity index (χ2n) is 19.1. The summed E-state index contributed by atoms with van der Waals surface area (Å²) in [7, 11) is 0. The number of allylic oxidation sites excluding steroid dienone is 8. The highest BCUT2D eigenvalue weighted by Crippen LogP contribution is 2.27. The normalized spacial score (nSPS) is 25.7. The van der Waals surface area contributed by atoms with E-state index in [0.717, 1.165) is 44.9 Å². The van der Waals surface area contributed by atoms with Gasteiger partial charge >= 0.3 is 11.9 Å². The Morgan fingerprint density at radius 2 is 0.900 bits per heavy atom. The number of unbranched alkanes of at least 4 members (excludes halogenated alkanes) is 23. The lowest BCUT2D eigenvalue weighted by molar-refractivity contribution is -0.332. The van der Waals surface area contributed by atoms with Gasteiger partial charge in [0.1, 0.15) is 55.4 Å². The number of hydrogen-bond donors (Lipinski definition) is 7. The van der Waals surface area contributed by atoms with Gasteiger partial charge in [-0.2, -0.15) is 0 Å². The van der Waals surface area contributed by atoms with E-state index in [2.05, 4.69) is 26.0 Å². The highest BCUT2D eigenvalue weighted by atomic mass is 16.7. The van der Waals surface area contributed by atoms with Gasteiger partial charge in [0.2, 0.25) is 0 Å². The standard InChI is InChI=1S/C55H96O15/c1-3-5-7-9-11-13-15-17-18-19-20-21-22-23-24-26-27-29-31-33-35-37-46(57)65-40-43(68-47(58)38-36-34-32-30-28-25-16-14-12-10-8-6-4-2)41-66-54-53(64)51(62)49(60)45(70-54)42-67-55-52(63)50(61)48(59)44(39-56)69-55/h6,8,10,12,14,16,25,28,43-45,48-56,59-64H,3-5,7,9,11,13,15,17-24,26-27,29-42H2,1-2H3/b8-6+,12-10+,16-14+,28-25+/t43?,44-,45-,48+,49+,50?,51?,52?,53?,54-,55-/m1/s1. The van der Waals surface area contributed by atoms with E-state index in [0.29, 0.717) is 12.8 Å². The van der Waals surface area contributed by atoms with E-state index >= 15 is 0 Å². The molecule has 0 radical (unpaired) electrons. The molecule has 0 spiro atoms. The van der Waals surface area contributed by atoms with Crippen LogP contribution >= 0.6 is 0 Å². The maximum Gasteiger partial charge on any atom is 0.306 e. The van der Waals surface area contributed by atoms with Crippen molar-refractivity contribution >= 4 is 11.9 Å². The molecule has 0 aliphatic carbocycles. The van der Waals surface area contributed by atoms with Crippen LogP contribution in [-0.4, -0.2) is 142 Å². The molecular formula is C55H96O15. The molecule has 2 fully saturated rings. The number of carbonyl (C=O) groups excluding carboxylic acids is 2. The van der Waals surface area contributed by atoms with Crippen molar-refractivity contribution in [3.05, 3.63) is 48.6 Å². The van der Waals surface area contributed by atoms with Gasteiger partial charge in [-0.05, 0) is 32.1 Å². The lowest BCUT2D eigenvalue weighted by Gasteiger charge is -2.42. The summed E-state index contributed by atoms with van der Waals surface area (Å²) in [6.45, 7) is 2.42. The average molecular weight is 997 g/mol. The SMILES string of the molecule is CC/C=C/C=C/C=C/C=C/CCCCCC(=O)OC(COC(=O)CCCCCCCCCCCCCCCCCCCCCCC)CO[C@@H]1O[C@H](CO[C@@H]2O[C@H](CO)[C@H](O)C(O)C2O)[C@H](O)C(O)C1O. The lowest BCUT2D eigenvalue weighted by atomic mass is 9.98. The van der Waals surface area contributed by atoms with Crippen molar-refractivity contribution in [3.8, 4) is 0 Å². The quantitative estimate of drug-likeness (QED) is 0.0173. The summed E-state index contributed by atoms with van der Waals surface area (Å²) in [4.78, 5) is 25.8. The second-order valence-corrected chi connectivity index (χ2v) is 19.1. The van der Waals surface area contributed by atoms with Gasteiger partial charge in [0.05, 0.1) is 19.8 Å². The van der Waals surface area contributed by atoms with Crippen LogP contribution in [0.25, 0.3) is 0 Å². The monoisotopic (exact) mass is 997 g/mol. The van der Waals surface area contributed by atoms with Crippen LogP contribution in [-0.2, 0) is 38.0 Å². The maximum absolute atomic E-state index is 13.0. The first kappa shape index (κ1) is 63.6. The molecule has 11 atom stereocenters. The topological polar surface area (TPSA) is 231 Å². The highest BCUT2D eigenvalue weighted by molar-refractivity contribution is 5.70. The van der Waals surface area contributed by atoms with Crippen molar-refractivity contribution < 1.29 is 73.8 Å². The molecule has 2 aliphatic heterocycles. The van der Waals surface area contributed by atoms with Crippen LogP contribution in [0.5, 0.6) is 0 Å².